The molecule has 0 rings (SSSR count). The van der Waals surface area contributed by atoms with Gasteiger partial charge in [0.15, 0.2) is 0 Å². The van der Waals surface area contributed by atoms with Gasteiger partial charge in [-0.05, 0) is 38.0 Å². The fourth-order valence-corrected chi connectivity index (χ4v) is 1.77. The van der Waals surface area contributed by atoms with E-state index in [1.807, 2.05) is 0 Å². The lowest BCUT2D eigenvalue weighted by atomic mass is 10.1. The summed E-state index contributed by atoms with van der Waals surface area (Å²) in [6.45, 7) is 6.69. The van der Waals surface area contributed by atoms with Crippen LogP contribution in [0.4, 0.5) is 0 Å². The largest absolute Gasteiger partial charge is 0.0885 e. The fraction of sp³-hybridized carbons (Fsp3) is 0.579. The normalized spacial score (nSPS) is 14.5. The number of allylic oxidation sites excluding steroid dienone is 8. The molecule has 0 nitrogen and oxygen atoms in total. The zero-order chi connectivity index (χ0) is 14.2. The highest BCUT2D eigenvalue weighted by atomic mass is 14.0. The van der Waals surface area contributed by atoms with Gasteiger partial charge in [-0.15, -0.1) is 0 Å². The zero-order valence-electron chi connectivity index (χ0n) is 13.1. The summed E-state index contributed by atoms with van der Waals surface area (Å²) in [7, 11) is 0. The van der Waals surface area contributed by atoms with E-state index in [4.69, 9.17) is 0 Å². The van der Waals surface area contributed by atoms with E-state index in [-0.39, 0.29) is 0 Å². The molecule has 0 saturated carbocycles. The number of hydrogen-bond donors (Lipinski definition) is 0. The standard InChI is InChI=1S/C19H32/c1-4-6-8-10-12-14-16-18-19(3)17-15-13-11-9-7-5-2/h6,8,12-16,18-19H,4-5,7,9-11,17H2,1-3H3/b8-6-,14-12-,15-13-,18-16+. The van der Waals surface area contributed by atoms with Crippen molar-refractivity contribution in [3.05, 3.63) is 48.6 Å². The van der Waals surface area contributed by atoms with Gasteiger partial charge in [-0.3, -0.25) is 0 Å². The maximum atomic E-state index is 2.34. The second-order valence-corrected chi connectivity index (χ2v) is 5.11. The van der Waals surface area contributed by atoms with E-state index in [1.54, 1.807) is 0 Å². The van der Waals surface area contributed by atoms with Crippen molar-refractivity contribution < 1.29 is 0 Å². The van der Waals surface area contributed by atoms with Crippen LogP contribution in [0.3, 0.4) is 0 Å². The average Bonchev–Trinajstić information content (AvgIpc) is 2.41. The Morgan fingerprint density at radius 2 is 1.68 bits per heavy atom. The molecule has 0 heteroatoms. The number of hydrogen-bond acceptors (Lipinski definition) is 0. The highest BCUT2D eigenvalue weighted by Gasteiger charge is 1.91. The van der Waals surface area contributed by atoms with Gasteiger partial charge in [0.05, 0.1) is 0 Å². The summed E-state index contributed by atoms with van der Waals surface area (Å²) in [4.78, 5) is 0. The lowest BCUT2D eigenvalue weighted by Gasteiger charge is -1.99. The molecule has 1 atom stereocenters. The molecule has 108 valence electrons. The van der Waals surface area contributed by atoms with Crippen molar-refractivity contribution in [2.45, 2.75) is 65.7 Å². The monoisotopic (exact) mass is 260 g/mol. The predicted molar refractivity (Wildman–Crippen MR) is 89.4 cm³/mol. The molecule has 0 radical (unpaired) electrons. The second-order valence-electron chi connectivity index (χ2n) is 5.11. The van der Waals surface area contributed by atoms with E-state index in [0.29, 0.717) is 5.92 Å². The minimum Gasteiger partial charge on any atom is -0.0885 e. The zero-order valence-corrected chi connectivity index (χ0v) is 13.1. The first kappa shape index (κ1) is 18.0. The van der Waals surface area contributed by atoms with Gasteiger partial charge in [-0.2, -0.15) is 0 Å². The van der Waals surface area contributed by atoms with Crippen molar-refractivity contribution in [2.24, 2.45) is 5.92 Å². The molecular formula is C19H32. The Kier molecular flexibility index (Phi) is 14.2. The first-order valence-corrected chi connectivity index (χ1v) is 7.94. The smallest absolute Gasteiger partial charge is 0.0166 e. The Bertz CT molecular complexity index is 278. The minimum absolute atomic E-state index is 0.637. The quantitative estimate of drug-likeness (QED) is 0.222. The molecule has 0 aliphatic rings. The molecule has 0 bridgehead atoms. The van der Waals surface area contributed by atoms with Crippen LogP contribution in [-0.4, -0.2) is 0 Å². The van der Waals surface area contributed by atoms with Crippen molar-refractivity contribution >= 4 is 0 Å². The molecule has 0 aromatic rings. The maximum Gasteiger partial charge on any atom is -0.0166 e. The van der Waals surface area contributed by atoms with Gasteiger partial charge >= 0.3 is 0 Å². The average molecular weight is 260 g/mol. The predicted octanol–water partition coefficient (Wildman–Crippen LogP) is 6.62. The third-order valence-electron chi connectivity index (χ3n) is 3.01. The summed E-state index contributed by atoms with van der Waals surface area (Å²) in [5.74, 6) is 0.637. The summed E-state index contributed by atoms with van der Waals surface area (Å²) < 4.78 is 0. The Morgan fingerprint density at radius 3 is 2.42 bits per heavy atom. The van der Waals surface area contributed by atoms with E-state index in [0.717, 1.165) is 19.3 Å². The van der Waals surface area contributed by atoms with Crippen LogP contribution < -0.4 is 0 Å². The van der Waals surface area contributed by atoms with Crippen molar-refractivity contribution in [3.8, 4) is 0 Å². The molecule has 19 heavy (non-hydrogen) atoms. The lowest BCUT2D eigenvalue weighted by molar-refractivity contribution is 0.717. The summed E-state index contributed by atoms with van der Waals surface area (Å²) in [5, 5.41) is 0. The molecule has 0 N–H and O–H groups in total. The summed E-state index contributed by atoms with van der Waals surface area (Å²) in [6.07, 6.45) is 26.5. The van der Waals surface area contributed by atoms with Crippen LogP contribution in [0, 0.1) is 5.92 Å². The van der Waals surface area contributed by atoms with E-state index in [9.17, 15) is 0 Å². The Hall–Kier alpha value is -1.04. The van der Waals surface area contributed by atoms with Gasteiger partial charge in [-0.25, -0.2) is 0 Å². The molecular weight excluding hydrogens is 228 g/mol. The van der Waals surface area contributed by atoms with E-state index in [1.165, 1.54) is 25.7 Å². The van der Waals surface area contributed by atoms with Crippen LogP contribution in [-0.2, 0) is 0 Å². The fourth-order valence-electron chi connectivity index (χ4n) is 1.77. The van der Waals surface area contributed by atoms with Crippen LogP contribution in [0.2, 0.25) is 0 Å². The summed E-state index contributed by atoms with van der Waals surface area (Å²) >= 11 is 0. The van der Waals surface area contributed by atoms with Crippen molar-refractivity contribution in [2.75, 3.05) is 0 Å². The number of rotatable bonds is 11. The number of unbranched alkanes of at least 4 members (excludes halogenated alkanes) is 3. The molecule has 0 fully saturated rings. The molecule has 0 aromatic heterocycles. The third kappa shape index (κ3) is 14.9. The maximum absolute atomic E-state index is 2.34. The highest BCUT2D eigenvalue weighted by molar-refractivity contribution is 5.06. The molecule has 0 saturated heterocycles. The molecule has 0 aromatic carbocycles. The molecule has 0 aliphatic carbocycles. The van der Waals surface area contributed by atoms with Crippen LogP contribution in [0.15, 0.2) is 48.6 Å². The molecule has 0 spiro atoms. The van der Waals surface area contributed by atoms with Gasteiger partial charge in [0.25, 0.3) is 0 Å². The second kappa shape index (κ2) is 15.0. The third-order valence-corrected chi connectivity index (χ3v) is 3.01. The van der Waals surface area contributed by atoms with Crippen LogP contribution in [0.1, 0.15) is 65.7 Å². The molecule has 0 aliphatic heterocycles. The van der Waals surface area contributed by atoms with Gasteiger partial charge in [0, 0.05) is 0 Å². The van der Waals surface area contributed by atoms with Gasteiger partial charge in [0.1, 0.15) is 0 Å². The van der Waals surface area contributed by atoms with Crippen molar-refractivity contribution in [1.29, 1.82) is 0 Å². The first-order valence-electron chi connectivity index (χ1n) is 7.94. The van der Waals surface area contributed by atoms with E-state index in [2.05, 4.69) is 69.4 Å². The van der Waals surface area contributed by atoms with Crippen LogP contribution >= 0.6 is 0 Å². The van der Waals surface area contributed by atoms with Crippen molar-refractivity contribution in [3.63, 3.8) is 0 Å². The van der Waals surface area contributed by atoms with Gasteiger partial charge < -0.3 is 0 Å². The minimum atomic E-state index is 0.637. The molecule has 0 amide bonds. The van der Waals surface area contributed by atoms with Crippen LogP contribution in [0.5, 0.6) is 0 Å². The molecule has 0 heterocycles. The van der Waals surface area contributed by atoms with Gasteiger partial charge in [0.2, 0.25) is 0 Å². The highest BCUT2D eigenvalue weighted by Crippen LogP contribution is 2.07. The van der Waals surface area contributed by atoms with E-state index < -0.39 is 0 Å². The molecule has 1 unspecified atom stereocenters. The SMILES string of the molecule is CC/C=C\C/C=C\C=C\C(C)C/C=C\CCCCC. The lowest BCUT2D eigenvalue weighted by Crippen LogP contribution is -1.85. The van der Waals surface area contributed by atoms with Crippen LogP contribution in [0.25, 0.3) is 0 Å². The Labute approximate surface area is 121 Å². The van der Waals surface area contributed by atoms with Crippen molar-refractivity contribution in [1.82, 2.24) is 0 Å². The first-order chi connectivity index (χ1) is 9.31. The Morgan fingerprint density at radius 1 is 0.842 bits per heavy atom. The topological polar surface area (TPSA) is 0 Å². The summed E-state index contributed by atoms with van der Waals surface area (Å²) in [5.41, 5.74) is 0. The van der Waals surface area contributed by atoms with E-state index >= 15 is 0 Å². The Balaban J connectivity index is 3.61. The summed E-state index contributed by atoms with van der Waals surface area (Å²) in [6, 6.07) is 0. The van der Waals surface area contributed by atoms with Gasteiger partial charge in [-0.1, -0.05) is 82.2 Å².